The Kier molecular flexibility index (Phi) is 7.20. The van der Waals surface area contributed by atoms with E-state index >= 15 is 0 Å². The van der Waals surface area contributed by atoms with Gasteiger partial charge in [0.15, 0.2) is 0 Å². The molecule has 1 aliphatic heterocycles. The number of hydrogen-bond acceptors (Lipinski definition) is 3. The minimum absolute atomic E-state index is 0.0170. The van der Waals surface area contributed by atoms with Gasteiger partial charge in [-0.1, -0.05) is 33.6 Å². The summed E-state index contributed by atoms with van der Waals surface area (Å²) in [7, 11) is 1.86. The average Bonchev–Trinajstić information content (AvgIpc) is 2.44. The molecule has 108 valence electrons. The number of likely N-dealkylation sites (N-methyl/N-ethyl adjacent to an activating group) is 1. The van der Waals surface area contributed by atoms with Gasteiger partial charge < -0.3 is 14.8 Å². The van der Waals surface area contributed by atoms with E-state index in [1.165, 1.54) is 19.3 Å². The summed E-state index contributed by atoms with van der Waals surface area (Å²) in [5, 5.41) is 3.66. The van der Waals surface area contributed by atoms with Crippen molar-refractivity contribution in [2.75, 3.05) is 26.9 Å². The quantitative estimate of drug-likeness (QED) is 0.725. The third-order valence-corrected chi connectivity index (χ3v) is 4.55. The topological polar surface area (TPSA) is 30.5 Å². The van der Waals surface area contributed by atoms with Gasteiger partial charge in [0.1, 0.15) is 0 Å². The van der Waals surface area contributed by atoms with Crippen LogP contribution in [-0.2, 0) is 9.47 Å². The summed E-state index contributed by atoms with van der Waals surface area (Å²) in [5.41, 5.74) is -0.0170. The zero-order valence-electron chi connectivity index (χ0n) is 12.6. The van der Waals surface area contributed by atoms with Crippen LogP contribution >= 0.6 is 0 Å². The number of methoxy groups -OCH3 is 1. The van der Waals surface area contributed by atoms with Gasteiger partial charge in [-0.2, -0.15) is 0 Å². The summed E-state index contributed by atoms with van der Waals surface area (Å²) in [6.07, 6.45) is 5.76. The second-order valence-electron chi connectivity index (χ2n) is 5.41. The molecule has 0 aliphatic carbocycles. The van der Waals surface area contributed by atoms with E-state index in [1.807, 2.05) is 7.11 Å². The Balaban J connectivity index is 2.72. The van der Waals surface area contributed by atoms with Crippen molar-refractivity contribution in [1.29, 1.82) is 0 Å². The minimum Gasteiger partial charge on any atom is -0.381 e. The minimum atomic E-state index is -0.0170. The Morgan fingerprint density at radius 2 is 1.78 bits per heavy atom. The predicted molar refractivity (Wildman–Crippen MR) is 75.9 cm³/mol. The van der Waals surface area contributed by atoms with E-state index in [-0.39, 0.29) is 5.60 Å². The normalized spacial score (nSPS) is 21.2. The molecule has 0 spiro atoms. The van der Waals surface area contributed by atoms with Crippen LogP contribution in [0.15, 0.2) is 0 Å². The molecule has 0 aromatic rings. The Morgan fingerprint density at radius 1 is 1.17 bits per heavy atom. The van der Waals surface area contributed by atoms with Crippen molar-refractivity contribution in [3.8, 4) is 0 Å². The lowest BCUT2D eigenvalue weighted by Crippen LogP contribution is -2.55. The maximum atomic E-state index is 5.94. The van der Waals surface area contributed by atoms with Crippen molar-refractivity contribution in [3.63, 3.8) is 0 Å². The Morgan fingerprint density at radius 3 is 2.22 bits per heavy atom. The average molecular weight is 257 g/mol. The van der Waals surface area contributed by atoms with Crippen LogP contribution in [0.25, 0.3) is 0 Å². The highest BCUT2D eigenvalue weighted by Crippen LogP contribution is 2.32. The molecule has 0 bridgehead atoms. The first-order valence-electron chi connectivity index (χ1n) is 7.58. The molecule has 1 atom stereocenters. The van der Waals surface area contributed by atoms with E-state index in [0.29, 0.717) is 6.04 Å². The largest absolute Gasteiger partial charge is 0.381 e. The molecule has 0 aromatic carbocycles. The van der Waals surface area contributed by atoms with Crippen molar-refractivity contribution in [1.82, 2.24) is 5.32 Å². The highest BCUT2D eigenvalue weighted by molar-refractivity contribution is 4.95. The Bertz CT molecular complexity index is 211. The summed E-state index contributed by atoms with van der Waals surface area (Å²) in [6, 6.07) is 0.460. The third-order valence-electron chi connectivity index (χ3n) is 4.55. The van der Waals surface area contributed by atoms with Gasteiger partial charge in [0.25, 0.3) is 0 Å². The van der Waals surface area contributed by atoms with Crippen LogP contribution in [0, 0.1) is 5.92 Å². The zero-order valence-corrected chi connectivity index (χ0v) is 12.6. The molecule has 1 fully saturated rings. The van der Waals surface area contributed by atoms with E-state index in [2.05, 4.69) is 26.1 Å². The molecule has 0 radical (unpaired) electrons. The molecule has 1 aliphatic rings. The lowest BCUT2D eigenvalue weighted by atomic mass is 9.80. The molecule has 18 heavy (non-hydrogen) atoms. The second-order valence-corrected chi connectivity index (χ2v) is 5.41. The van der Waals surface area contributed by atoms with Gasteiger partial charge in [-0.15, -0.1) is 0 Å². The first kappa shape index (κ1) is 15.9. The number of nitrogens with one attached hydrogen (secondary N) is 1. The molecule has 3 nitrogen and oxygen atoms in total. The van der Waals surface area contributed by atoms with E-state index in [0.717, 1.165) is 38.5 Å². The summed E-state index contributed by atoms with van der Waals surface area (Å²) in [5.74, 6) is 0.795. The highest BCUT2D eigenvalue weighted by atomic mass is 16.5. The Labute approximate surface area is 113 Å². The maximum absolute atomic E-state index is 5.94. The highest BCUT2D eigenvalue weighted by Gasteiger charge is 2.40. The molecule has 0 saturated carbocycles. The first-order chi connectivity index (χ1) is 8.72. The van der Waals surface area contributed by atoms with Gasteiger partial charge in [-0.25, -0.2) is 0 Å². The van der Waals surface area contributed by atoms with Crippen molar-refractivity contribution in [3.05, 3.63) is 0 Å². The molecular formula is C15H31NO2. The van der Waals surface area contributed by atoms with Crippen LogP contribution in [0.2, 0.25) is 0 Å². The van der Waals surface area contributed by atoms with E-state index in [9.17, 15) is 0 Å². The summed E-state index contributed by atoms with van der Waals surface area (Å²) < 4.78 is 11.4. The number of hydrogen-bond donors (Lipinski definition) is 1. The summed E-state index contributed by atoms with van der Waals surface area (Å²) >= 11 is 0. The fraction of sp³-hybridized carbons (Fsp3) is 1.00. The summed E-state index contributed by atoms with van der Waals surface area (Å²) in [4.78, 5) is 0. The maximum Gasteiger partial charge on any atom is 0.0874 e. The SMILES string of the molecule is CCNC(CC(CC)CC)C1(OC)CCOCC1. The van der Waals surface area contributed by atoms with Crippen molar-refractivity contribution < 1.29 is 9.47 Å². The predicted octanol–water partition coefficient (Wildman–Crippen LogP) is 2.99. The lowest BCUT2D eigenvalue weighted by Gasteiger charge is -2.43. The Hall–Kier alpha value is -0.120. The van der Waals surface area contributed by atoms with Crippen LogP contribution in [0.1, 0.15) is 52.9 Å². The van der Waals surface area contributed by atoms with Crippen molar-refractivity contribution >= 4 is 0 Å². The number of rotatable bonds is 8. The van der Waals surface area contributed by atoms with Gasteiger partial charge in [-0.05, 0) is 18.9 Å². The van der Waals surface area contributed by atoms with E-state index in [4.69, 9.17) is 9.47 Å². The fourth-order valence-electron chi connectivity index (χ4n) is 3.10. The summed E-state index contributed by atoms with van der Waals surface area (Å²) in [6.45, 7) is 9.44. The van der Waals surface area contributed by atoms with Gasteiger partial charge in [0.05, 0.1) is 5.60 Å². The monoisotopic (exact) mass is 257 g/mol. The molecular weight excluding hydrogens is 226 g/mol. The standard InChI is InChI=1S/C15H31NO2/c1-5-13(6-2)12-14(16-7-3)15(17-4)8-10-18-11-9-15/h13-14,16H,5-12H2,1-4H3. The molecule has 1 N–H and O–H groups in total. The molecule has 1 rings (SSSR count). The first-order valence-corrected chi connectivity index (χ1v) is 7.58. The van der Waals surface area contributed by atoms with Crippen LogP contribution < -0.4 is 5.32 Å². The second kappa shape index (κ2) is 8.13. The van der Waals surface area contributed by atoms with Crippen molar-refractivity contribution in [2.24, 2.45) is 5.92 Å². The van der Waals surface area contributed by atoms with Crippen LogP contribution in [0.5, 0.6) is 0 Å². The third kappa shape index (κ3) is 3.94. The zero-order chi connectivity index (χ0) is 13.4. The molecule has 3 heteroatoms. The molecule has 0 aromatic heterocycles. The van der Waals surface area contributed by atoms with Gasteiger partial charge >= 0.3 is 0 Å². The van der Waals surface area contributed by atoms with Crippen LogP contribution in [0.3, 0.4) is 0 Å². The van der Waals surface area contributed by atoms with Crippen LogP contribution in [-0.4, -0.2) is 38.5 Å². The lowest BCUT2D eigenvalue weighted by molar-refractivity contribution is -0.113. The molecule has 1 unspecified atom stereocenters. The van der Waals surface area contributed by atoms with E-state index < -0.39 is 0 Å². The smallest absolute Gasteiger partial charge is 0.0874 e. The van der Waals surface area contributed by atoms with Gasteiger partial charge in [-0.3, -0.25) is 0 Å². The fourth-order valence-corrected chi connectivity index (χ4v) is 3.10. The molecule has 1 saturated heterocycles. The van der Waals surface area contributed by atoms with Crippen molar-refractivity contribution in [2.45, 2.75) is 64.5 Å². The van der Waals surface area contributed by atoms with Gasteiger partial charge in [0, 0.05) is 39.2 Å². The van der Waals surface area contributed by atoms with Crippen LogP contribution in [0.4, 0.5) is 0 Å². The van der Waals surface area contributed by atoms with E-state index in [1.54, 1.807) is 0 Å². The number of ether oxygens (including phenoxy) is 2. The van der Waals surface area contributed by atoms with Gasteiger partial charge in [0.2, 0.25) is 0 Å². The molecule has 0 amide bonds. The molecule has 1 heterocycles.